The Morgan fingerprint density at radius 3 is 3.00 bits per heavy atom. The molecule has 0 saturated carbocycles. The fourth-order valence-corrected chi connectivity index (χ4v) is 4.27. The Balaban J connectivity index is 1.48. The van der Waals surface area contributed by atoms with E-state index in [2.05, 4.69) is 15.7 Å². The normalized spacial score (nSPS) is 20.3. The lowest BCUT2D eigenvalue weighted by Gasteiger charge is -2.24. The van der Waals surface area contributed by atoms with Crippen LogP contribution in [0, 0.1) is 0 Å². The van der Waals surface area contributed by atoms with Gasteiger partial charge in [0.05, 0.1) is 29.2 Å². The van der Waals surface area contributed by atoms with E-state index in [9.17, 15) is 4.79 Å². The molecule has 0 aliphatic carbocycles. The summed E-state index contributed by atoms with van der Waals surface area (Å²) in [4.78, 5) is 24.8. The van der Waals surface area contributed by atoms with Crippen molar-refractivity contribution in [3.8, 4) is 0 Å². The van der Waals surface area contributed by atoms with Crippen LogP contribution in [0.2, 0.25) is 0 Å². The summed E-state index contributed by atoms with van der Waals surface area (Å²) in [7, 11) is 1.83. The van der Waals surface area contributed by atoms with Crippen molar-refractivity contribution in [2.24, 2.45) is 7.05 Å². The monoisotopic (exact) mass is 365 g/mol. The van der Waals surface area contributed by atoms with Gasteiger partial charge < -0.3 is 9.30 Å². The van der Waals surface area contributed by atoms with Gasteiger partial charge in [-0.05, 0) is 31.5 Å². The Hall–Kier alpha value is -2.51. The van der Waals surface area contributed by atoms with Crippen LogP contribution in [-0.4, -0.2) is 37.2 Å². The number of hydrogen-bond acceptors (Lipinski definition) is 5. The van der Waals surface area contributed by atoms with Crippen molar-refractivity contribution in [1.29, 1.82) is 0 Å². The van der Waals surface area contributed by atoms with Gasteiger partial charge in [0.15, 0.2) is 0 Å². The number of ether oxygens (including phenoxy) is 1. The molecule has 2 aromatic heterocycles. The van der Waals surface area contributed by atoms with Gasteiger partial charge in [-0.25, -0.2) is 9.97 Å². The molecule has 0 amide bonds. The second-order valence-corrected chi connectivity index (χ2v) is 7.37. The molecule has 0 radical (unpaired) electrons. The van der Waals surface area contributed by atoms with E-state index < -0.39 is 0 Å². The number of hydrogen-bond donors (Lipinski definition) is 0. The van der Waals surface area contributed by atoms with Gasteiger partial charge in [-0.3, -0.25) is 14.3 Å². The van der Waals surface area contributed by atoms with Gasteiger partial charge in [0, 0.05) is 26.3 Å². The molecule has 4 heterocycles. The van der Waals surface area contributed by atoms with Crippen molar-refractivity contribution < 1.29 is 4.74 Å². The second kappa shape index (κ2) is 6.58. The van der Waals surface area contributed by atoms with Crippen molar-refractivity contribution in [1.82, 2.24) is 24.0 Å². The van der Waals surface area contributed by atoms with Crippen LogP contribution < -0.4 is 5.56 Å². The molecule has 3 aromatic rings. The quantitative estimate of drug-likeness (QED) is 0.710. The average molecular weight is 365 g/mol. The van der Waals surface area contributed by atoms with Gasteiger partial charge in [-0.1, -0.05) is 12.1 Å². The minimum atomic E-state index is 0.0251. The van der Waals surface area contributed by atoms with Crippen LogP contribution in [0.25, 0.3) is 10.9 Å². The number of para-hydroxylation sites is 1. The third-order valence-corrected chi connectivity index (χ3v) is 5.66. The highest BCUT2D eigenvalue weighted by atomic mass is 16.5. The molecule has 5 rings (SSSR count). The number of rotatable bonds is 3. The molecule has 1 aromatic carbocycles. The summed E-state index contributed by atoms with van der Waals surface area (Å²) in [6.07, 6.45) is 4.25. The van der Waals surface area contributed by atoms with E-state index in [1.54, 1.807) is 4.57 Å². The van der Waals surface area contributed by atoms with Crippen LogP contribution in [0.3, 0.4) is 0 Å². The Morgan fingerprint density at radius 2 is 2.11 bits per heavy atom. The van der Waals surface area contributed by atoms with E-state index in [0.29, 0.717) is 12.0 Å². The van der Waals surface area contributed by atoms with Crippen LogP contribution in [0.4, 0.5) is 0 Å². The summed E-state index contributed by atoms with van der Waals surface area (Å²) in [6, 6.07) is 7.73. The Bertz CT molecular complexity index is 1030. The van der Waals surface area contributed by atoms with Crippen LogP contribution in [-0.2, 0) is 31.5 Å². The zero-order valence-corrected chi connectivity index (χ0v) is 15.5. The van der Waals surface area contributed by atoms with Crippen LogP contribution in [0.15, 0.2) is 35.3 Å². The minimum absolute atomic E-state index is 0.0251. The Morgan fingerprint density at radius 1 is 1.22 bits per heavy atom. The largest absolute Gasteiger partial charge is 0.372 e. The van der Waals surface area contributed by atoms with E-state index in [0.717, 1.165) is 61.9 Å². The zero-order valence-electron chi connectivity index (χ0n) is 15.5. The summed E-state index contributed by atoms with van der Waals surface area (Å²) < 4.78 is 9.40. The highest BCUT2D eigenvalue weighted by Crippen LogP contribution is 2.32. The molecule has 7 heteroatoms. The first-order valence-electron chi connectivity index (χ1n) is 9.53. The van der Waals surface area contributed by atoms with Crippen molar-refractivity contribution >= 4 is 10.9 Å². The van der Waals surface area contributed by atoms with E-state index in [1.165, 1.54) is 0 Å². The van der Waals surface area contributed by atoms with E-state index in [1.807, 2.05) is 31.3 Å². The highest BCUT2D eigenvalue weighted by molar-refractivity contribution is 5.77. The summed E-state index contributed by atoms with van der Waals surface area (Å²) in [5.41, 5.74) is 1.86. The summed E-state index contributed by atoms with van der Waals surface area (Å²) in [5, 5.41) is 0.676. The number of imidazole rings is 1. The maximum Gasteiger partial charge on any atom is 0.261 e. The predicted molar refractivity (Wildman–Crippen MR) is 101 cm³/mol. The molecule has 1 atom stereocenters. The molecule has 2 aliphatic rings. The summed E-state index contributed by atoms with van der Waals surface area (Å²) in [5.74, 6) is 1.85. The van der Waals surface area contributed by atoms with Gasteiger partial charge in [-0.2, -0.15) is 0 Å². The standard InChI is InChI=1S/C20H23N5O2/c1-23-19(22-16-6-3-2-5-15(16)20(23)26)17-7-4-8-24(17)11-14-12-25-9-10-27-13-18(25)21-14/h2-3,5-6,12,17H,4,7-11,13H2,1H3. The van der Waals surface area contributed by atoms with Crippen molar-refractivity contribution in [3.05, 3.63) is 58.2 Å². The fraction of sp³-hybridized carbons (Fsp3) is 0.450. The fourth-order valence-electron chi connectivity index (χ4n) is 4.27. The number of likely N-dealkylation sites (tertiary alicyclic amines) is 1. The molecular weight excluding hydrogens is 342 g/mol. The molecule has 1 saturated heterocycles. The van der Waals surface area contributed by atoms with Gasteiger partial charge in [0.1, 0.15) is 18.3 Å². The smallest absolute Gasteiger partial charge is 0.261 e. The van der Waals surface area contributed by atoms with E-state index >= 15 is 0 Å². The van der Waals surface area contributed by atoms with E-state index in [4.69, 9.17) is 14.7 Å². The molecule has 0 bridgehead atoms. The van der Waals surface area contributed by atoms with Gasteiger partial charge in [0.2, 0.25) is 0 Å². The molecule has 7 nitrogen and oxygen atoms in total. The lowest BCUT2D eigenvalue weighted by atomic mass is 10.1. The van der Waals surface area contributed by atoms with Crippen LogP contribution in [0.1, 0.15) is 36.2 Å². The number of nitrogens with zero attached hydrogens (tertiary/aromatic N) is 5. The molecule has 27 heavy (non-hydrogen) atoms. The van der Waals surface area contributed by atoms with Gasteiger partial charge in [-0.15, -0.1) is 0 Å². The molecule has 2 aliphatic heterocycles. The van der Waals surface area contributed by atoms with Crippen LogP contribution >= 0.6 is 0 Å². The number of fused-ring (bicyclic) bond motifs is 2. The van der Waals surface area contributed by atoms with Crippen molar-refractivity contribution in [2.75, 3.05) is 13.2 Å². The lowest BCUT2D eigenvalue weighted by Crippen LogP contribution is -2.30. The average Bonchev–Trinajstić information content (AvgIpc) is 3.31. The maximum absolute atomic E-state index is 12.8. The van der Waals surface area contributed by atoms with Gasteiger partial charge >= 0.3 is 0 Å². The zero-order chi connectivity index (χ0) is 18.4. The summed E-state index contributed by atoms with van der Waals surface area (Å²) >= 11 is 0. The number of benzene rings is 1. The molecule has 1 unspecified atom stereocenters. The Kier molecular flexibility index (Phi) is 4.06. The Labute approximate surface area is 157 Å². The van der Waals surface area contributed by atoms with E-state index in [-0.39, 0.29) is 11.6 Å². The topological polar surface area (TPSA) is 65.2 Å². The first-order chi connectivity index (χ1) is 13.2. The first-order valence-corrected chi connectivity index (χ1v) is 9.53. The second-order valence-electron chi connectivity index (χ2n) is 7.37. The first kappa shape index (κ1) is 16.6. The maximum atomic E-state index is 12.8. The third kappa shape index (κ3) is 2.87. The van der Waals surface area contributed by atoms with Crippen LogP contribution in [0.5, 0.6) is 0 Å². The molecule has 140 valence electrons. The molecule has 0 spiro atoms. The molecular formula is C20H23N5O2. The minimum Gasteiger partial charge on any atom is -0.372 e. The number of aromatic nitrogens is 4. The van der Waals surface area contributed by atoms with Crippen molar-refractivity contribution in [2.45, 2.75) is 38.6 Å². The van der Waals surface area contributed by atoms with Crippen molar-refractivity contribution in [3.63, 3.8) is 0 Å². The molecule has 0 N–H and O–H groups in total. The third-order valence-electron chi connectivity index (χ3n) is 5.66. The SMILES string of the molecule is Cn1c(C2CCCN2Cc2cn3c(n2)COCC3)nc2ccccc2c1=O. The highest BCUT2D eigenvalue weighted by Gasteiger charge is 2.30. The predicted octanol–water partition coefficient (Wildman–Crippen LogP) is 2.00. The summed E-state index contributed by atoms with van der Waals surface area (Å²) in [6.45, 7) is 3.97. The van der Waals surface area contributed by atoms with Gasteiger partial charge in [0.25, 0.3) is 5.56 Å². The molecule has 1 fully saturated rings. The lowest BCUT2D eigenvalue weighted by molar-refractivity contribution is 0.0816.